The number of hydrogen-bond acceptors (Lipinski definition) is 2. The van der Waals surface area contributed by atoms with E-state index in [2.05, 4.69) is 5.32 Å². The molecule has 4 nitrogen and oxygen atoms in total. The van der Waals surface area contributed by atoms with Crippen LogP contribution in [-0.4, -0.2) is 23.0 Å². The highest BCUT2D eigenvalue weighted by Crippen LogP contribution is 2.27. The summed E-state index contributed by atoms with van der Waals surface area (Å²) < 4.78 is 0.752. The van der Waals surface area contributed by atoms with Crippen LogP contribution in [0, 0.1) is 9.49 Å². The van der Waals surface area contributed by atoms with Crippen molar-refractivity contribution in [2.75, 3.05) is 0 Å². The van der Waals surface area contributed by atoms with Gasteiger partial charge in [-0.2, -0.15) is 0 Å². The largest absolute Gasteiger partial charge is 0.480 e. The highest BCUT2D eigenvalue weighted by molar-refractivity contribution is 14.1. The fraction of sp³-hybridized carbons (Fsp3) is 0.467. The molecule has 1 aliphatic rings. The van der Waals surface area contributed by atoms with Gasteiger partial charge in [0.2, 0.25) is 0 Å². The molecule has 1 aromatic rings. The van der Waals surface area contributed by atoms with E-state index in [9.17, 15) is 14.7 Å². The Labute approximate surface area is 142 Å². The second-order valence-corrected chi connectivity index (χ2v) is 6.91. The van der Waals surface area contributed by atoms with Gasteiger partial charge in [-0.3, -0.25) is 4.79 Å². The van der Waals surface area contributed by atoms with Crippen molar-refractivity contribution in [2.45, 2.75) is 38.1 Å². The smallest absolute Gasteiger partial charge is 0.326 e. The van der Waals surface area contributed by atoms with E-state index in [1.54, 1.807) is 18.2 Å². The summed E-state index contributed by atoms with van der Waals surface area (Å²) in [4.78, 5) is 23.8. The maximum atomic E-state index is 12.3. The summed E-state index contributed by atoms with van der Waals surface area (Å²) in [7, 11) is 0. The van der Waals surface area contributed by atoms with E-state index in [-0.39, 0.29) is 11.8 Å². The van der Waals surface area contributed by atoms with Crippen molar-refractivity contribution in [3.05, 3.63) is 32.4 Å². The van der Waals surface area contributed by atoms with Gasteiger partial charge < -0.3 is 10.4 Å². The molecule has 1 fully saturated rings. The number of benzene rings is 1. The lowest BCUT2D eigenvalue weighted by atomic mass is 9.84. The van der Waals surface area contributed by atoms with Gasteiger partial charge >= 0.3 is 5.97 Å². The predicted molar refractivity (Wildman–Crippen MR) is 89.6 cm³/mol. The van der Waals surface area contributed by atoms with Crippen molar-refractivity contribution in [1.82, 2.24) is 5.32 Å². The number of carboxylic acid groups (broad SMARTS) is 1. The molecule has 114 valence electrons. The first-order chi connectivity index (χ1) is 9.99. The number of hydrogen-bond donors (Lipinski definition) is 2. The highest BCUT2D eigenvalue weighted by atomic mass is 127. The molecule has 21 heavy (non-hydrogen) atoms. The molecular weight excluding hydrogens is 405 g/mol. The van der Waals surface area contributed by atoms with Crippen molar-refractivity contribution in [1.29, 1.82) is 0 Å². The van der Waals surface area contributed by atoms with Crippen LogP contribution in [0.1, 0.15) is 42.5 Å². The van der Waals surface area contributed by atoms with Crippen molar-refractivity contribution in [2.24, 2.45) is 5.92 Å². The number of carboxylic acids is 1. The van der Waals surface area contributed by atoms with Crippen molar-refractivity contribution < 1.29 is 14.7 Å². The first-order valence-electron chi connectivity index (χ1n) is 6.98. The zero-order chi connectivity index (χ0) is 15.4. The lowest BCUT2D eigenvalue weighted by Crippen LogP contribution is -2.46. The van der Waals surface area contributed by atoms with Gasteiger partial charge in [-0.05, 0) is 59.5 Å². The van der Waals surface area contributed by atoms with E-state index in [1.807, 2.05) is 22.6 Å². The van der Waals surface area contributed by atoms with Gasteiger partial charge in [0.25, 0.3) is 5.91 Å². The minimum Gasteiger partial charge on any atom is -0.480 e. The number of halogens is 2. The van der Waals surface area contributed by atoms with Crippen LogP contribution in [-0.2, 0) is 4.79 Å². The number of nitrogens with one attached hydrogen (secondary N) is 1. The van der Waals surface area contributed by atoms with Crippen LogP contribution in [0.2, 0.25) is 5.02 Å². The average molecular weight is 422 g/mol. The van der Waals surface area contributed by atoms with Gasteiger partial charge in [-0.1, -0.05) is 30.9 Å². The van der Waals surface area contributed by atoms with Crippen LogP contribution in [0.15, 0.2) is 18.2 Å². The van der Waals surface area contributed by atoms with Crippen molar-refractivity contribution in [3.63, 3.8) is 0 Å². The van der Waals surface area contributed by atoms with E-state index in [1.165, 1.54) is 0 Å². The molecule has 0 saturated heterocycles. The van der Waals surface area contributed by atoms with E-state index < -0.39 is 12.0 Å². The second-order valence-electron chi connectivity index (χ2n) is 5.31. The van der Waals surface area contributed by atoms with Crippen LogP contribution in [0.5, 0.6) is 0 Å². The standard InChI is InChI=1S/C15H17ClINO3/c16-10-6-7-12(17)11(8-10)14(19)18-13(15(20)21)9-4-2-1-3-5-9/h6-9,13H,1-5H2,(H,18,19)(H,20,21). The normalized spacial score (nSPS) is 17.2. The van der Waals surface area contributed by atoms with Gasteiger partial charge in [0.1, 0.15) is 6.04 Å². The molecule has 2 N–H and O–H groups in total. The molecule has 0 aromatic heterocycles. The Morgan fingerprint density at radius 2 is 1.95 bits per heavy atom. The maximum Gasteiger partial charge on any atom is 0.326 e. The summed E-state index contributed by atoms with van der Waals surface area (Å²) in [6.07, 6.45) is 4.90. The SMILES string of the molecule is O=C(NC(C(=O)O)C1CCCCC1)c1cc(Cl)ccc1I. The van der Waals surface area contributed by atoms with Crippen molar-refractivity contribution >= 4 is 46.1 Å². The summed E-state index contributed by atoms with van der Waals surface area (Å²) in [5, 5.41) is 12.5. The molecule has 1 aromatic carbocycles. The maximum absolute atomic E-state index is 12.3. The first-order valence-corrected chi connectivity index (χ1v) is 8.43. The first kappa shape index (κ1) is 16.5. The summed E-state index contributed by atoms with van der Waals surface area (Å²) in [5.74, 6) is -1.33. The predicted octanol–water partition coefficient (Wildman–Crippen LogP) is 3.71. The Kier molecular flexibility index (Phi) is 5.87. The lowest BCUT2D eigenvalue weighted by Gasteiger charge is -2.28. The van der Waals surface area contributed by atoms with Gasteiger partial charge in [0.05, 0.1) is 5.56 Å². The summed E-state index contributed by atoms with van der Waals surface area (Å²) in [5.41, 5.74) is 0.421. The van der Waals surface area contributed by atoms with E-state index >= 15 is 0 Å². The van der Waals surface area contributed by atoms with Gasteiger partial charge in [0.15, 0.2) is 0 Å². The molecule has 1 saturated carbocycles. The Morgan fingerprint density at radius 3 is 2.57 bits per heavy atom. The summed E-state index contributed by atoms with van der Waals surface area (Å²) in [6, 6.07) is 4.19. The highest BCUT2D eigenvalue weighted by Gasteiger charge is 2.31. The molecule has 1 atom stereocenters. The van der Waals surface area contributed by atoms with E-state index in [0.29, 0.717) is 10.6 Å². The lowest BCUT2D eigenvalue weighted by molar-refractivity contribution is -0.141. The number of rotatable bonds is 4. The number of amides is 1. The topological polar surface area (TPSA) is 66.4 Å². The molecule has 0 spiro atoms. The molecule has 2 rings (SSSR count). The third kappa shape index (κ3) is 4.32. The average Bonchev–Trinajstić information content (AvgIpc) is 2.47. The molecule has 6 heteroatoms. The van der Waals surface area contributed by atoms with Gasteiger partial charge in [-0.25, -0.2) is 4.79 Å². The third-order valence-corrected chi connectivity index (χ3v) is 5.02. The quantitative estimate of drug-likeness (QED) is 0.729. The summed E-state index contributed by atoms with van der Waals surface area (Å²) >= 11 is 7.95. The molecule has 1 amide bonds. The fourth-order valence-electron chi connectivity index (χ4n) is 2.74. The number of aliphatic carboxylic acids is 1. The van der Waals surface area contributed by atoms with E-state index in [4.69, 9.17) is 11.6 Å². The molecule has 1 unspecified atom stereocenters. The van der Waals surface area contributed by atoms with Crippen LogP contribution < -0.4 is 5.32 Å². The van der Waals surface area contributed by atoms with Gasteiger partial charge in [0, 0.05) is 8.59 Å². The van der Waals surface area contributed by atoms with Crippen LogP contribution in [0.4, 0.5) is 0 Å². The number of carbonyl (C=O) groups is 2. The molecular formula is C15H17ClINO3. The van der Waals surface area contributed by atoms with Crippen LogP contribution in [0.25, 0.3) is 0 Å². The molecule has 0 heterocycles. The molecule has 0 radical (unpaired) electrons. The monoisotopic (exact) mass is 421 g/mol. The van der Waals surface area contributed by atoms with E-state index in [0.717, 1.165) is 35.7 Å². The Bertz CT molecular complexity index is 544. The van der Waals surface area contributed by atoms with Crippen LogP contribution >= 0.6 is 34.2 Å². The molecule has 1 aliphatic carbocycles. The fourth-order valence-corrected chi connectivity index (χ4v) is 3.49. The zero-order valence-corrected chi connectivity index (χ0v) is 14.4. The minimum absolute atomic E-state index is 0.0112. The minimum atomic E-state index is -0.965. The molecule has 0 aliphatic heterocycles. The van der Waals surface area contributed by atoms with Crippen molar-refractivity contribution in [3.8, 4) is 0 Å². The van der Waals surface area contributed by atoms with Crippen LogP contribution in [0.3, 0.4) is 0 Å². The third-order valence-electron chi connectivity index (χ3n) is 3.85. The Balaban J connectivity index is 2.14. The Hall–Kier alpha value is -0.820. The van der Waals surface area contributed by atoms with Gasteiger partial charge in [-0.15, -0.1) is 0 Å². The second kappa shape index (κ2) is 7.45. The summed E-state index contributed by atoms with van der Waals surface area (Å²) in [6.45, 7) is 0. The zero-order valence-electron chi connectivity index (χ0n) is 11.4. The number of carbonyl (C=O) groups excluding carboxylic acids is 1. The Morgan fingerprint density at radius 1 is 1.29 bits per heavy atom. The molecule has 0 bridgehead atoms.